The summed E-state index contributed by atoms with van der Waals surface area (Å²) in [5, 5.41) is 0. The van der Waals surface area contributed by atoms with Gasteiger partial charge in [-0.2, -0.15) is 0 Å². The number of aryl methyl sites for hydroxylation is 1. The number of hydrogen-bond acceptors (Lipinski definition) is 3. The first-order valence-electron chi connectivity index (χ1n) is 10.7. The van der Waals surface area contributed by atoms with Crippen molar-refractivity contribution in [1.29, 1.82) is 0 Å². The van der Waals surface area contributed by atoms with Crippen LogP contribution in [-0.2, 0) is 10.1 Å². The van der Waals surface area contributed by atoms with E-state index in [1.807, 2.05) is 6.92 Å². The maximum atomic E-state index is 10.4. The Hall–Kier alpha value is -0.430. The molecule has 1 aromatic carbocycles. The molecule has 0 fully saturated rings. The molecule has 164 valence electrons. The first kappa shape index (κ1) is 27.6. The van der Waals surface area contributed by atoms with Crippen LogP contribution in [0.4, 0.5) is 0 Å². The van der Waals surface area contributed by atoms with E-state index >= 15 is 0 Å². The second-order valence-corrected chi connectivity index (χ2v) is 9.55. The minimum absolute atomic E-state index is 0.178. The number of quaternary nitrogens is 1. The van der Waals surface area contributed by atoms with Crippen LogP contribution in [0.2, 0.25) is 0 Å². The predicted octanol–water partition coefficient (Wildman–Crippen LogP) is 6.24. The van der Waals surface area contributed by atoms with E-state index in [1.54, 1.807) is 12.1 Å². The Balaban J connectivity index is 0.000000567. The fraction of sp³-hybridized carbons (Fsp3) is 0.727. The molecule has 1 rings (SSSR count). The Kier molecular flexibility index (Phi) is 15.2. The van der Waals surface area contributed by atoms with Gasteiger partial charge in [0, 0.05) is 0 Å². The molecule has 0 aliphatic heterocycles. The van der Waals surface area contributed by atoms with E-state index in [0.717, 1.165) is 11.0 Å². The Morgan fingerprint density at radius 3 is 1.61 bits per heavy atom. The zero-order valence-electron chi connectivity index (χ0n) is 18.3. The van der Waals surface area contributed by atoms with Crippen LogP contribution in [0.15, 0.2) is 29.2 Å². The van der Waals surface area contributed by atoms with Crippen molar-refractivity contribution in [3.63, 3.8) is 0 Å². The van der Waals surface area contributed by atoms with Crippen LogP contribution >= 0.6 is 15.9 Å². The van der Waals surface area contributed by atoms with E-state index in [-0.39, 0.29) is 4.90 Å². The molecule has 4 nitrogen and oxygen atoms in total. The van der Waals surface area contributed by atoms with Gasteiger partial charge in [-0.25, -0.2) is 8.42 Å². The van der Waals surface area contributed by atoms with Gasteiger partial charge < -0.3 is 9.04 Å². The van der Waals surface area contributed by atoms with Crippen LogP contribution in [0.5, 0.6) is 0 Å². The SMILES string of the molecule is CCCCC[N+](CBr)(CCCC)CCCCC.Cc1ccc(S(=O)(=O)[O-])cc1. The van der Waals surface area contributed by atoms with Crippen molar-refractivity contribution in [1.82, 2.24) is 0 Å². The van der Waals surface area contributed by atoms with Crippen LogP contribution in [0.3, 0.4) is 0 Å². The molecule has 6 heteroatoms. The molecule has 0 aliphatic carbocycles. The van der Waals surface area contributed by atoms with Crippen molar-refractivity contribution < 1.29 is 17.5 Å². The molecule has 0 heterocycles. The van der Waals surface area contributed by atoms with E-state index in [4.69, 9.17) is 0 Å². The average molecular weight is 479 g/mol. The van der Waals surface area contributed by atoms with Gasteiger partial charge in [-0.3, -0.25) is 0 Å². The summed E-state index contributed by atoms with van der Waals surface area (Å²) >= 11 is 3.78. The fourth-order valence-corrected chi connectivity index (χ4v) is 4.33. The lowest BCUT2D eigenvalue weighted by molar-refractivity contribution is -0.915. The van der Waals surface area contributed by atoms with E-state index in [1.165, 1.54) is 87.6 Å². The van der Waals surface area contributed by atoms with Gasteiger partial charge in [0.2, 0.25) is 0 Å². The lowest BCUT2D eigenvalue weighted by atomic mass is 10.1. The van der Waals surface area contributed by atoms with Gasteiger partial charge in [0.1, 0.15) is 15.6 Å². The summed E-state index contributed by atoms with van der Waals surface area (Å²) in [4.78, 5) is -0.178. The number of hydrogen-bond donors (Lipinski definition) is 0. The molecule has 0 atom stereocenters. The first-order valence-corrected chi connectivity index (χ1v) is 13.2. The maximum absolute atomic E-state index is 10.4. The summed E-state index contributed by atoms with van der Waals surface area (Å²) in [6.07, 6.45) is 11.0. The lowest BCUT2D eigenvalue weighted by Crippen LogP contribution is -2.49. The Labute approximate surface area is 182 Å². The number of halogens is 1. The molecule has 0 bridgehead atoms. The normalized spacial score (nSPS) is 11.8. The molecule has 0 N–H and O–H groups in total. The number of rotatable bonds is 13. The second-order valence-electron chi connectivity index (χ2n) is 7.67. The van der Waals surface area contributed by atoms with Crippen molar-refractivity contribution in [3.8, 4) is 0 Å². The average Bonchev–Trinajstić information content (AvgIpc) is 2.66. The van der Waals surface area contributed by atoms with Gasteiger partial charge in [0.15, 0.2) is 0 Å². The third-order valence-electron chi connectivity index (χ3n) is 5.02. The summed E-state index contributed by atoms with van der Waals surface area (Å²) in [5.41, 5.74) is 2.08. The van der Waals surface area contributed by atoms with Crippen LogP contribution in [0, 0.1) is 6.92 Å². The van der Waals surface area contributed by atoms with Crippen molar-refractivity contribution in [2.75, 3.05) is 25.1 Å². The van der Waals surface area contributed by atoms with Crippen LogP contribution in [-0.4, -0.2) is 42.5 Å². The third kappa shape index (κ3) is 12.2. The third-order valence-corrected chi connectivity index (χ3v) is 6.93. The number of benzene rings is 1. The predicted molar refractivity (Wildman–Crippen MR) is 122 cm³/mol. The largest absolute Gasteiger partial charge is 0.744 e. The summed E-state index contributed by atoms with van der Waals surface area (Å²) in [6, 6.07) is 5.78. The Morgan fingerprint density at radius 1 is 0.821 bits per heavy atom. The highest BCUT2D eigenvalue weighted by molar-refractivity contribution is 9.09. The quantitative estimate of drug-likeness (QED) is 0.111. The van der Waals surface area contributed by atoms with Gasteiger partial charge in [-0.05, 0) is 67.1 Å². The molecular formula is C22H40BrNO3S. The molecule has 0 saturated carbocycles. The highest BCUT2D eigenvalue weighted by Gasteiger charge is 2.24. The highest BCUT2D eigenvalue weighted by Crippen LogP contribution is 2.17. The summed E-state index contributed by atoms with van der Waals surface area (Å²) in [6.45, 7) is 12.8. The van der Waals surface area contributed by atoms with Gasteiger partial charge in [0.05, 0.1) is 24.5 Å². The molecule has 0 amide bonds. The Morgan fingerprint density at radius 2 is 1.25 bits per heavy atom. The number of alkyl halides is 1. The molecule has 28 heavy (non-hydrogen) atoms. The van der Waals surface area contributed by atoms with Gasteiger partial charge in [-0.1, -0.05) is 57.7 Å². The summed E-state index contributed by atoms with van der Waals surface area (Å²) in [5.74, 6) is 0. The van der Waals surface area contributed by atoms with Gasteiger partial charge >= 0.3 is 0 Å². The van der Waals surface area contributed by atoms with Crippen LogP contribution in [0.25, 0.3) is 0 Å². The van der Waals surface area contributed by atoms with Crippen molar-refractivity contribution >= 4 is 26.0 Å². The zero-order chi connectivity index (χ0) is 21.5. The zero-order valence-corrected chi connectivity index (χ0v) is 20.7. The molecule has 0 spiro atoms. The smallest absolute Gasteiger partial charge is 0.134 e. The van der Waals surface area contributed by atoms with E-state index in [9.17, 15) is 13.0 Å². The maximum Gasteiger partial charge on any atom is 0.134 e. The standard InChI is InChI=1S/C15H33BrN.C7H8O3S/c1-4-7-10-13-17(15-16,12-9-6-3)14-11-8-5-2;1-6-2-4-7(5-3-6)11(8,9)10/h4-15H2,1-3H3;2-5H,1H3,(H,8,9,10)/q+1;/p-1. The second kappa shape index (κ2) is 15.4. The first-order chi connectivity index (χ1) is 13.2. The number of nitrogens with zero attached hydrogens (tertiary/aromatic N) is 1. The Bertz CT molecular complexity index is 593. The van der Waals surface area contributed by atoms with Crippen molar-refractivity contribution in [3.05, 3.63) is 29.8 Å². The van der Waals surface area contributed by atoms with Crippen LogP contribution < -0.4 is 0 Å². The molecule has 1 aromatic rings. The van der Waals surface area contributed by atoms with Gasteiger partial charge in [0.25, 0.3) is 0 Å². The molecule has 0 unspecified atom stereocenters. The monoisotopic (exact) mass is 477 g/mol. The molecule has 0 aromatic heterocycles. The summed E-state index contributed by atoms with van der Waals surface area (Å²) in [7, 11) is -4.27. The van der Waals surface area contributed by atoms with Crippen LogP contribution in [0.1, 0.15) is 77.7 Å². The summed E-state index contributed by atoms with van der Waals surface area (Å²) < 4.78 is 32.5. The highest BCUT2D eigenvalue weighted by atomic mass is 79.9. The number of unbranched alkanes of at least 4 members (excludes halogenated alkanes) is 5. The van der Waals surface area contributed by atoms with Crippen molar-refractivity contribution in [2.24, 2.45) is 0 Å². The van der Waals surface area contributed by atoms with E-state index < -0.39 is 10.1 Å². The van der Waals surface area contributed by atoms with E-state index in [0.29, 0.717) is 0 Å². The van der Waals surface area contributed by atoms with Gasteiger partial charge in [-0.15, -0.1) is 0 Å². The molecule has 0 aliphatic rings. The van der Waals surface area contributed by atoms with Crippen molar-refractivity contribution in [2.45, 2.75) is 84.0 Å². The molecule has 0 radical (unpaired) electrons. The lowest BCUT2D eigenvalue weighted by Gasteiger charge is -2.37. The molecule has 0 saturated heterocycles. The fourth-order valence-electron chi connectivity index (χ4n) is 3.11. The minimum Gasteiger partial charge on any atom is -0.744 e. The topological polar surface area (TPSA) is 57.2 Å². The van der Waals surface area contributed by atoms with E-state index in [2.05, 4.69) is 36.7 Å². The molecular weight excluding hydrogens is 438 g/mol. The minimum atomic E-state index is -4.27.